The molecule has 0 aromatic heterocycles. The number of morpholine rings is 1. The monoisotopic (exact) mass is 419 g/mol. The van der Waals surface area contributed by atoms with Gasteiger partial charge in [-0.2, -0.15) is 0 Å². The lowest BCUT2D eigenvalue weighted by molar-refractivity contribution is -0.384. The molecule has 1 aliphatic carbocycles. The van der Waals surface area contributed by atoms with E-state index in [4.69, 9.17) is 9.73 Å². The summed E-state index contributed by atoms with van der Waals surface area (Å²) in [6.45, 7) is 5.90. The Labute approximate surface area is 177 Å². The SMILES string of the molecule is O=[N+]([O-])c1ccc(CN=C(NCCCN2CCOCC2)NC2CCC(O)CC2)cc1. The van der Waals surface area contributed by atoms with Gasteiger partial charge in [0.1, 0.15) is 0 Å². The second-order valence-corrected chi connectivity index (χ2v) is 7.97. The third-order valence-corrected chi connectivity index (χ3v) is 5.65. The Balaban J connectivity index is 1.52. The van der Waals surface area contributed by atoms with Crippen LogP contribution in [0.3, 0.4) is 0 Å². The molecule has 2 fully saturated rings. The Morgan fingerprint density at radius 2 is 1.90 bits per heavy atom. The zero-order valence-corrected chi connectivity index (χ0v) is 17.5. The molecule has 1 aromatic carbocycles. The quantitative estimate of drug-likeness (QED) is 0.193. The molecule has 0 unspecified atom stereocenters. The van der Waals surface area contributed by atoms with Crippen LogP contribution in [0.1, 0.15) is 37.7 Å². The van der Waals surface area contributed by atoms with Crippen molar-refractivity contribution < 1.29 is 14.8 Å². The first kappa shape index (κ1) is 22.5. The van der Waals surface area contributed by atoms with E-state index in [1.165, 1.54) is 12.1 Å². The van der Waals surface area contributed by atoms with Crippen LogP contribution in [0.25, 0.3) is 0 Å². The number of nitro groups is 1. The summed E-state index contributed by atoms with van der Waals surface area (Å²) in [6.07, 6.45) is 4.29. The smallest absolute Gasteiger partial charge is 0.269 e. The van der Waals surface area contributed by atoms with E-state index in [1.54, 1.807) is 12.1 Å². The molecule has 0 atom stereocenters. The summed E-state index contributed by atoms with van der Waals surface area (Å²) >= 11 is 0. The Morgan fingerprint density at radius 3 is 2.57 bits per heavy atom. The van der Waals surface area contributed by atoms with Crippen LogP contribution in [0, 0.1) is 10.1 Å². The highest BCUT2D eigenvalue weighted by Crippen LogP contribution is 2.18. The average Bonchev–Trinajstić information content (AvgIpc) is 2.77. The normalized spacial score (nSPS) is 23.2. The van der Waals surface area contributed by atoms with Gasteiger partial charge in [0.25, 0.3) is 5.69 Å². The zero-order chi connectivity index (χ0) is 21.2. The number of hydrogen-bond acceptors (Lipinski definition) is 6. The van der Waals surface area contributed by atoms with E-state index in [0.717, 1.165) is 83.0 Å². The largest absolute Gasteiger partial charge is 0.393 e. The first-order valence-corrected chi connectivity index (χ1v) is 10.9. The lowest BCUT2D eigenvalue weighted by Crippen LogP contribution is -2.46. The van der Waals surface area contributed by atoms with E-state index < -0.39 is 4.92 Å². The van der Waals surface area contributed by atoms with Crippen molar-refractivity contribution in [2.24, 2.45) is 4.99 Å². The van der Waals surface area contributed by atoms with Crippen LogP contribution in [0.15, 0.2) is 29.3 Å². The van der Waals surface area contributed by atoms with E-state index in [0.29, 0.717) is 12.6 Å². The minimum Gasteiger partial charge on any atom is -0.393 e. The van der Waals surface area contributed by atoms with E-state index >= 15 is 0 Å². The Bertz CT molecular complexity index is 683. The topological polar surface area (TPSA) is 112 Å². The standard InChI is InChI=1S/C21H33N5O4/c27-20-8-4-18(5-9-20)24-21(22-10-1-11-25-12-14-30-15-13-25)23-16-17-2-6-19(7-3-17)26(28)29/h2-3,6-7,18,20,27H,1,4-5,8-16H2,(H2,22,23,24). The van der Waals surface area contributed by atoms with Gasteiger partial charge >= 0.3 is 0 Å². The van der Waals surface area contributed by atoms with Crippen molar-refractivity contribution in [2.45, 2.75) is 50.8 Å². The molecule has 166 valence electrons. The zero-order valence-electron chi connectivity index (χ0n) is 17.5. The van der Waals surface area contributed by atoms with Crippen LogP contribution in [-0.2, 0) is 11.3 Å². The molecule has 3 N–H and O–H groups in total. The minimum atomic E-state index is -0.395. The van der Waals surface area contributed by atoms with Gasteiger partial charge in [-0.15, -0.1) is 0 Å². The van der Waals surface area contributed by atoms with E-state index in [9.17, 15) is 15.2 Å². The molecule has 9 heteroatoms. The molecule has 1 aliphatic heterocycles. The Morgan fingerprint density at radius 1 is 1.20 bits per heavy atom. The summed E-state index contributed by atoms with van der Waals surface area (Å²) in [7, 11) is 0. The predicted octanol–water partition coefficient (Wildman–Crippen LogP) is 1.66. The lowest BCUT2D eigenvalue weighted by Gasteiger charge is -2.28. The summed E-state index contributed by atoms with van der Waals surface area (Å²) in [5.74, 6) is 0.761. The van der Waals surface area contributed by atoms with Crippen LogP contribution >= 0.6 is 0 Å². The summed E-state index contributed by atoms with van der Waals surface area (Å²) in [4.78, 5) is 17.5. The fraction of sp³-hybridized carbons (Fsp3) is 0.667. The van der Waals surface area contributed by atoms with Gasteiger partial charge < -0.3 is 20.5 Å². The van der Waals surface area contributed by atoms with Crippen LogP contribution in [0.5, 0.6) is 0 Å². The molecule has 0 radical (unpaired) electrons. The number of non-ortho nitro benzene ring substituents is 1. The highest BCUT2D eigenvalue weighted by molar-refractivity contribution is 5.80. The van der Waals surface area contributed by atoms with Gasteiger partial charge in [-0.1, -0.05) is 12.1 Å². The first-order valence-electron chi connectivity index (χ1n) is 10.9. The molecule has 1 saturated carbocycles. The van der Waals surface area contributed by atoms with E-state index in [2.05, 4.69) is 15.5 Å². The molecule has 0 bridgehead atoms. The number of nitro benzene ring substituents is 1. The maximum atomic E-state index is 10.8. The highest BCUT2D eigenvalue weighted by atomic mass is 16.6. The fourth-order valence-electron chi connectivity index (χ4n) is 3.79. The van der Waals surface area contributed by atoms with Crippen molar-refractivity contribution in [3.05, 3.63) is 39.9 Å². The summed E-state index contributed by atoms with van der Waals surface area (Å²) in [5.41, 5.74) is 1.01. The molecule has 0 amide bonds. The number of aliphatic hydroxyl groups is 1. The van der Waals surface area contributed by atoms with Crippen molar-refractivity contribution in [1.29, 1.82) is 0 Å². The first-order chi connectivity index (χ1) is 14.6. The molecule has 1 aromatic rings. The van der Waals surface area contributed by atoms with Gasteiger partial charge in [-0.25, -0.2) is 4.99 Å². The number of aliphatic imine (C=N–C) groups is 1. The number of benzene rings is 1. The second kappa shape index (κ2) is 11.8. The molecular weight excluding hydrogens is 386 g/mol. The van der Waals surface area contributed by atoms with Gasteiger partial charge in [-0.3, -0.25) is 15.0 Å². The van der Waals surface area contributed by atoms with Crippen LogP contribution in [0.2, 0.25) is 0 Å². The van der Waals surface area contributed by atoms with Crippen molar-refractivity contribution in [3.63, 3.8) is 0 Å². The maximum Gasteiger partial charge on any atom is 0.269 e. The van der Waals surface area contributed by atoms with Crippen molar-refractivity contribution in [2.75, 3.05) is 39.4 Å². The third-order valence-electron chi connectivity index (χ3n) is 5.65. The lowest BCUT2D eigenvalue weighted by atomic mass is 9.93. The van der Waals surface area contributed by atoms with Crippen molar-refractivity contribution in [3.8, 4) is 0 Å². The van der Waals surface area contributed by atoms with Gasteiger partial charge in [0.15, 0.2) is 5.96 Å². The minimum absolute atomic E-state index is 0.0862. The number of aliphatic hydroxyl groups excluding tert-OH is 1. The molecule has 9 nitrogen and oxygen atoms in total. The number of hydrogen-bond donors (Lipinski definition) is 3. The molecular formula is C21H33N5O4. The molecule has 3 rings (SSSR count). The molecule has 2 aliphatic rings. The summed E-state index contributed by atoms with van der Waals surface area (Å²) in [5, 5.41) is 27.5. The Hall–Kier alpha value is -2.23. The van der Waals surface area contributed by atoms with Crippen LogP contribution in [-0.4, -0.2) is 72.4 Å². The molecule has 1 heterocycles. The fourth-order valence-corrected chi connectivity index (χ4v) is 3.79. The van der Waals surface area contributed by atoms with Crippen molar-refractivity contribution in [1.82, 2.24) is 15.5 Å². The second-order valence-electron chi connectivity index (χ2n) is 7.97. The predicted molar refractivity (Wildman–Crippen MR) is 116 cm³/mol. The number of guanidine groups is 1. The summed E-state index contributed by atoms with van der Waals surface area (Å²) < 4.78 is 5.39. The van der Waals surface area contributed by atoms with E-state index in [1.807, 2.05) is 0 Å². The van der Waals surface area contributed by atoms with Crippen molar-refractivity contribution >= 4 is 11.6 Å². The third kappa shape index (κ3) is 7.55. The summed E-state index contributed by atoms with van der Waals surface area (Å²) in [6, 6.07) is 6.81. The maximum absolute atomic E-state index is 10.8. The van der Waals surface area contributed by atoms with E-state index in [-0.39, 0.29) is 11.8 Å². The van der Waals surface area contributed by atoms with Crippen LogP contribution < -0.4 is 10.6 Å². The molecule has 0 spiro atoms. The number of rotatable bonds is 8. The number of nitrogens with one attached hydrogen (secondary N) is 2. The number of nitrogens with zero attached hydrogens (tertiary/aromatic N) is 3. The Kier molecular flexibility index (Phi) is 8.85. The van der Waals surface area contributed by atoms with Crippen LogP contribution in [0.4, 0.5) is 5.69 Å². The van der Waals surface area contributed by atoms with Gasteiger partial charge in [0.2, 0.25) is 0 Å². The highest BCUT2D eigenvalue weighted by Gasteiger charge is 2.20. The molecule has 30 heavy (non-hydrogen) atoms. The number of ether oxygens (including phenoxy) is 1. The van der Waals surface area contributed by atoms with Gasteiger partial charge in [-0.05, 0) is 44.2 Å². The average molecular weight is 420 g/mol. The van der Waals surface area contributed by atoms with Gasteiger partial charge in [0.05, 0.1) is 30.8 Å². The molecule has 1 saturated heterocycles. The van der Waals surface area contributed by atoms with Gasteiger partial charge in [0, 0.05) is 37.8 Å².